The first-order valence-electron chi connectivity index (χ1n) is 5.82. The minimum Gasteiger partial charge on any atom is -0.389 e. The van der Waals surface area contributed by atoms with Gasteiger partial charge in [-0.2, -0.15) is 0 Å². The molecule has 6 heteroatoms. The molecular formula is C12H18N4O2. The molecule has 0 saturated carbocycles. The van der Waals surface area contributed by atoms with Crippen LogP contribution >= 0.6 is 0 Å². The van der Waals surface area contributed by atoms with E-state index in [0.29, 0.717) is 19.7 Å². The van der Waals surface area contributed by atoms with Crippen molar-refractivity contribution in [2.45, 2.75) is 12.6 Å². The summed E-state index contributed by atoms with van der Waals surface area (Å²) in [6, 6.07) is 0. The lowest BCUT2D eigenvalue weighted by molar-refractivity contribution is 0.0416. The van der Waals surface area contributed by atoms with Gasteiger partial charge in [0.05, 0.1) is 30.8 Å². The van der Waals surface area contributed by atoms with Crippen molar-refractivity contribution in [1.29, 1.82) is 0 Å². The zero-order valence-electron chi connectivity index (χ0n) is 10.7. The number of nitrogens with zero attached hydrogens (tertiary/aromatic N) is 4. The van der Waals surface area contributed by atoms with Gasteiger partial charge in [0.15, 0.2) is 5.65 Å². The number of fused-ring (bicyclic) bond motifs is 1. The Kier molecular flexibility index (Phi) is 4.24. The van der Waals surface area contributed by atoms with Gasteiger partial charge in [-0.3, -0.25) is 14.3 Å². The molecule has 0 saturated heterocycles. The molecule has 0 radical (unpaired) electrons. The monoisotopic (exact) mass is 250 g/mol. The molecule has 0 amide bonds. The Morgan fingerprint density at radius 3 is 3.11 bits per heavy atom. The number of rotatable bonds is 6. The lowest BCUT2D eigenvalue weighted by Gasteiger charge is -2.19. The molecule has 0 fully saturated rings. The topological polar surface area (TPSA) is 62.9 Å². The first-order chi connectivity index (χ1) is 8.70. The van der Waals surface area contributed by atoms with Gasteiger partial charge in [-0.05, 0) is 7.05 Å². The summed E-state index contributed by atoms with van der Waals surface area (Å²) in [6.45, 7) is 1.62. The number of likely N-dealkylation sites (N-methyl/N-ethyl adjacent to an activating group) is 1. The van der Waals surface area contributed by atoms with Crippen molar-refractivity contribution in [3.63, 3.8) is 0 Å². The maximum Gasteiger partial charge on any atom is 0.155 e. The molecule has 1 atom stereocenters. The van der Waals surface area contributed by atoms with Crippen molar-refractivity contribution in [2.75, 3.05) is 27.3 Å². The molecule has 18 heavy (non-hydrogen) atoms. The molecular weight excluding hydrogens is 232 g/mol. The zero-order valence-corrected chi connectivity index (χ0v) is 10.7. The number of hydrogen-bond acceptors (Lipinski definition) is 5. The third-order valence-electron chi connectivity index (χ3n) is 2.71. The van der Waals surface area contributed by atoms with Gasteiger partial charge in [0, 0.05) is 32.6 Å². The van der Waals surface area contributed by atoms with Gasteiger partial charge in [0.2, 0.25) is 0 Å². The van der Waals surface area contributed by atoms with Crippen LogP contribution in [-0.2, 0) is 11.3 Å². The normalized spacial score (nSPS) is 13.3. The Labute approximate surface area is 106 Å². The minimum atomic E-state index is -0.471. The number of aliphatic hydroxyl groups is 1. The van der Waals surface area contributed by atoms with Crippen LogP contribution in [0.1, 0.15) is 5.69 Å². The maximum atomic E-state index is 9.66. The van der Waals surface area contributed by atoms with Crippen LogP contribution in [0.5, 0.6) is 0 Å². The molecule has 0 aliphatic heterocycles. The fraction of sp³-hybridized carbons (Fsp3) is 0.500. The van der Waals surface area contributed by atoms with E-state index in [9.17, 15) is 5.11 Å². The lowest BCUT2D eigenvalue weighted by Crippen LogP contribution is -2.31. The molecule has 2 aromatic heterocycles. The van der Waals surface area contributed by atoms with Gasteiger partial charge in [-0.1, -0.05) is 0 Å². The molecule has 2 heterocycles. The quantitative estimate of drug-likeness (QED) is 0.791. The molecule has 0 aromatic carbocycles. The summed E-state index contributed by atoms with van der Waals surface area (Å²) in [4.78, 5) is 10.3. The van der Waals surface area contributed by atoms with Gasteiger partial charge in [-0.15, -0.1) is 0 Å². The van der Waals surface area contributed by atoms with E-state index < -0.39 is 6.10 Å². The first-order valence-corrected chi connectivity index (χ1v) is 5.82. The van der Waals surface area contributed by atoms with Gasteiger partial charge in [0.25, 0.3) is 0 Å². The zero-order chi connectivity index (χ0) is 13.0. The van der Waals surface area contributed by atoms with Crippen LogP contribution in [0, 0.1) is 0 Å². The Balaban J connectivity index is 2.00. The van der Waals surface area contributed by atoms with Gasteiger partial charge < -0.3 is 9.84 Å². The Morgan fingerprint density at radius 1 is 1.50 bits per heavy atom. The van der Waals surface area contributed by atoms with E-state index in [-0.39, 0.29) is 0 Å². The van der Waals surface area contributed by atoms with E-state index in [1.807, 2.05) is 28.7 Å². The number of aliphatic hydroxyl groups excluding tert-OH is 1. The molecule has 1 unspecified atom stereocenters. The summed E-state index contributed by atoms with van der Waals surface area (Å²) in [5.41, 5.74) is 1.90. The van der Waals surface area contributed by atoms with E-state index in [2.05, 4.69) is 9.97 Å². The van der Waals surface area contributed by atoms with Crippen LogP contribution in [0.15, 0.2) is 24.8 Å². The van der Waals surface area contributed by atoms with E-state index in [1.54, 1.807) is 19.5 Å². The van der Waals surface area contributed by atoms with E-state index >= 15 is 0 Å². The molecule has 2 aromatic rings. The molecule has 0 spiro atoms. The lowest BCUT2D eigenvalue weighted by atomic mass is 10.3. The summed E-state index contributed by atoms with van der Waals surface area (Å²) in [5.74, 6) is 0. The Morgan fingerprint density at radius 2 is 2.33 bits per heavy atom. The van der Waals surface area contributed by atoms with Crippen molar-refractivity contribution in [2.24, 2.45) is 0 Å². The van der Waals surface area contributed by atoms with E-state index in [1.165, 1.54) is 0 Å². The third kappa shape index (κ3) is 3.04. The van der Waals surface area contributed by atoms with Crippen LogP contribution in [-0.4, -0.2) is 57.8 Å². The molecule has 1 N–H and O–H groups in total. The number of hydrogen-bond donors (Lipinski definition) is 1. The average molecular weight is 250 g/mol. The van der Waals surface area contributed by atoms with Crippen LogP contribution in [0.2, 0.25) is 0 Å². The highest BCUT2D eigenvalue weighted by Crippen LogP contribution is 2.07. The summed E-state index contributed by atoms with van der Waals surface area (Å²) in [6.07, 6.45) is 6.70. The predicted octanol–water partition coefficient (Wildman–Crippen LogP) is 0.168. The fourth-order valence-electron chi connectivity index (χ4n) is 1.96. The van der Waals surface area contributed by atoms with Crippen molar-refractivity contribution in [3.05, 3.63) is 30.5 Å². The largest absolute Gasteiger partial charge is 0.389 e. The standard InChI is InChI=1S/C12H18N4O2/c1-15(8-11(17)9-18-2)7-10-5-14-12-6-13-3-4-16(10)12/h3-6,11,17H,7-9H2,1-2H3. The number of aromatic nitrogens is 3. The Hall–Kier alpha value is -1.50. The summed E-state index contributed by atoms with van der Waals surface area (Å²) in [5, 5.41) is 9.66. The fourth-order valence-corrected chi connectivity index (χ4v) is 1.96. The SMILES string of the molecule is COCC(O)CN(C)Cc1cnc2cnccn12. The van der Waals surface area contributed by atoms with E-state index in [4.69, 9.17) is 4.74 Å². The molecule has 0 aliphatic carbocycles. The van der Waals surface area contributed by atoms with E-state index in [0.717, 1.165) is 11.3 Å². The minimum absolute atomic E-state index is 0.349. The summed E-state index contributed by atoms with van der Waals surface area (Å²) in [7, 11) is 3.54. The Bertz CT molecular complexity index is 500. The number of imidazole rings is 1. The van der Waals surface area contributed by atoms with Gasteiger partial charge in [0.1, 0.15) is 0 Å². The third-order valence-corrected chi connectivity index (χ3v) is 2.71. The molecule has 6 nitrogen and oxygen atoms in total. The molecule has 0 aliphatic rings. The number of ether oxygens (including phenoxy) is 1. The second kappa shape index (κ2) is 5.90. The molecule has 98 valence electrons. The van der Waals surface area contributed by atoms with Crippen molar-refractivity contribution < 1.29 is 9.84 Å². The highest BCUT2D eigenvalue weighted by molar-refractivity contribution is 5.36. The van der Waals surface area contributed by atoms with Crippen LogP contribution in [0.3, 0.4) is 0 Å². The smallest absolute Gasteiger partial charge is 0.155 e. The molecule has 2 rings (SSSR count). The van der Waals surface area contributed by atoms with Crippen LogP contribution in [0.25, 0.3) is 5.65 Å². The second-order valence-corrected chi connectivity index (χ2v) is 4.36. The maximum absolute atomic E-state index is 9.66. The highest BCUT2D eigenvalue weighted by Gasteiger charge is 2.10. The predicted molar refractivity (Wildman–Crippen MR) is 67.2 cm³/mol. The second-order valence-electron chi connectivity index (χ2n) is 4.36. The average Bonchev–Trinajstić information content (AvgIpc) is 2.73. The summed E-state index contributed by atoms with van der Waals surface area (Å²) < 4.78 is 6.90. The highest BCUT2D eigenvalue weighted by atomic mass is 16.5. The van der Waals surface area contributed by atoms with Crippen molar-refractivity contribution in [3.8, 4) is 0 Å². The van der Waals surface area contributed by atoms with Crippen molar-refractivity contribution in [1.82, 2.24) is 19.3 Å². The first kappa shape index (κ1) is 12.9. The van der Waals surface area contributed by atoms with Gasteiger partial charge in [-0.25, -0.2) is 4.98 Å². The van der Waals surface area contributed by atoms with Gasteiger partial charge >= 0.3 is 0 Å². The van der Waals surface area contributed by atoms with Crippen LogP contribution < -0.4 is 0 Å². The van der Waals surface area contributed by atoms with Crippen LogP contribution in [0.4, 0.5) is 0 Å². The number of methoxy groups -OCH3 is 1. The molecule has 0 bridgehead atoms. The van der Waals surface area contributed by atoms with Crippen molar-refractivity contribution >= 4 is 5.65 Å². The summed E-state index contributed by atoms with van der Waals surface area (Å²) >= 11 is 0.